The Bertz CT molecular complexity index is 1340. The van der Waals surface area contributed by atoms with Crippen LogP contribution in [0.4, 0.5) is 5.69 Å². The van der Waals surface area contributed by atoms with Crippen molar-refractivity contribution in [2.24, 2.45) is 0 Å². The smallest absolute Gasteiger partial charge is 0.255 e. The molecule has 1 unspecified atom stereocenters. The van der Waals surface area contributed by atoms with Gasteiger partial charge in [0.25, 0.3) is 11.8 Å². The second-order valence-corrected chi connectivity index (χ2v) is 10.7. The first-order chi connectivity index (χ1) is 16.8. The van der Waals surface area contributed by atoms with Crippen LogP contribution in [0.1, 0.15) is 52.1 Å². The van der Waals surface area contributed by atoms with E-state index >= 15 is 0 Å². The summed E-state index contributed by atoms with van der Waals surface area (Å²) in [7, 11) is -3.80. The summed E-state index contributed by atoms with van der Waals surface area (Å²) in [6.07, 6.45) is 1.58. The van der Waals surface area contributed by atoms with Crippen LogP contribution in [0, 0.1) is 0 Å². The first-order valence-corrected chi connectivity index (χ1v) is 13.1. The summed E-state index contributed by atoms with van der Waals surface area (Å²) in [5.74, 6) is -0.887. The molecule has 2 amide bonds. The second-order valence-electron chi connectivity index (χ2n) is 8.36. The molecule has 3 aromatic carbocycles. The molecule has 1 saturated heterocycles. The van der Waals surface area contributed by atoms with E-state index in [-0.39, 0.29) is 27.4 Å². The van der Waals surface area contributed by atoms with Crippen molar-refractivity contribution in [3.8, 4) is 0 Å². The number of amides is 2. The van der Waals surface area contributed by atoms with Crippen LogP contribution < -0.4 is 10.6 Å². The number of benzene rings is 3. The van der Waals surface area contributed by atoms with Crippen molar-refractivity contribution in [2.75, 3.05) is 18.4 Å². The molecule has 0 bridgehead atoms. The number of para-hydroxylation sites is 1. The lowest BCUT2D eigenvalue weighted by Crippen LogP contribution is -2.29. The minimum Gasteiger partial charge on any atom is -0.345 e. The van der Waals surface area contributed by atoms with E-state index in [1.807, 2.05) is 37.3 Å². The number of hydrogen-bond acceptors (Lipinski definition) is 4. The number of carbonyl (C=O) groups excluding carboxylic acids is 2. The van der Waals surface area contributed by atoms with E-state index in [2.05, 4.69) is 10.6 Å². The highest BCUT2D eigenvalue weighted by Crippen LogP contribution is 2.28. The monoisotopic (exact) mass is 511 g/mol. The second kappa shape index (κ2) is 10.6. The zero-order chi connectivity index (χ0) is 25.0. The van der Waals surface area contributed by atoms with Gasteiger partial charge in [-0.2, -0.15) is 4.31 Å². The maximum absolute atomic E-state index is 13.1. The van der Waals surface area contributed by atoms with Gasteiger partial charge in [-0.15, -0.1) is 0 Å². The number of nitrogens with one attached hydrogen (secondary N) is 2. The molecule has 9 heteroatoms. The number of carbonyl (C=O) groups is 2. The quantitative estimate of drug-likeness (QED) is 0.473. The predicted molar refractivity (Wildman–Crippen MR) is 136 cm³/mol. The van der Waals surface area contributed by atoms with Gasteiger partial charge in [-0.25, -0.2) is 8.42 Å². The van der Waals surface area contributed by atoms with Crippen molar-refractivity contribution >= 4 is 39.1 Å². The zero-order valence-electron chi connectivity index (χ0n) is 19.2. The van der Waals surface area contributed by atoms with Crippen molar-refractivity contribution in [1.82, 2.24) is 9.62 Å². The number of halogens is 1. The number of rotatable bonds is 7. The van der Waals surface area contributed by atoms with Gasteiger partial charge < -0.3 is 10.6 Å². The molecule has 1 heterocycles. The Morgan fingerprint density at radius 3 is 2.29 bits per heavy atom. The van der Waals surface area contributed by atoms with E-state index in [0.29, 0.717) is 24.3 Å². The van der Waals surface area contributed by atoms with E-state index < -0.39 is 15.9 Å². The molecule has 0 aliphatic carbocycles. The summed E-state index contributed by atoms with van der Waals surface area (Å²) in [5, 5.41) is 5.74. The van der Waals surface area contributed by atoms with Crippen LogP contribution in [0.15, 0.2) is 77.7 Å². The van der Waals surface area contributed by atoms with Crippen LogP contribution in [0.5, 0.6) is 0 Å². The predicted octanol–water partition coefficient (Wildman–Crippen LogP) is 4.87. The zero-order valence-corrected chi connectivity index (χ0v) is 20.8. The minimum atomic E-state index is -3.80. The summed E-state index contributed by atoms with van der Waals surface area (Å²) < 4.78 is 27.4. The van der Waals surface area contributed by atoms with Crippen molar-refractivity contribution < 1.29 is 18.0 Å². The van der Waals surface area contributed by atoms with Gasteiger partial charge in [0.15, 0.2) is 0 Å². The molecule has 2 N–H and O–H groups in total. The average molecular weight is 512 g/mol. The first kappa shape index (κ1) is 24.9. The highest BCUT2D eigenvalue weighted by molar-refractivity contribution is 7.89. The maximum atomic E-state index is 13.1. The van der Waals surface area contributed by atoms with Crippen LogP contribution in [0.3, 0.4) is 0 Å². The molecule has 1 fully saturated rings. The Labute approximate surface area is 210 Å². The molecule has 0 aromatic heterocycles. The van der Waals surface area contributed by atoms with Gasteiger partial charge in [0.05, 0.1) is 22.3 Å². The van der Waals surface area contributed by atoms with E-state index in [9.17, 15) is 18.0 Å². The first-order valence-electron chi connectivity index (χ1n) is 11.3. The van der Waals surface area contributed by atoms with E-state index in [4.69, 9.17) is 11.6 Å². The summed E-state index contributed by atoms with van der Waals surface area (Å²) in [6.45, 7) is 2.74. The Balaban J connectivity index is 1.55. The average Bonchev–Trinajstić information content (AvgIpc) is 3.41. The molecule has 1 aliphatic rings. The summed E-state index contributed by atoms with van der Waals surface area (Å²) in [5.41, 5.74) is 1.69. The maximum Gasteiger partial charge on any atom is 0.255 e. The molecule has 3 aromatic rings. The Kier molecular flexibility index (Phi) is 7.54. The van der Waals surface area contributed by atoms with Gasteiger partial charge in [-0.05, 0) is 55.7 Å². The number of hydrogen-bond donors (Lipinski definition) is 2. The van der Waals surface area contributed by atoms with Crippen LogP contribution in [-0.2, 0) is 10.0 Å². The third-order valence-electron chi connectivity index (χ3n) is 5.94. The van der Waals surface area contributed by atoms with Crippen LogP contribution >= 0.6 is 11.6 Å². The molecule has 7 nitrogen and oxygen atoms in total. The Morgan fingerprint density at radius 1 is 0.914 bits per heavy atom. The van der Waals surface area contributed by atoms with Gasteiger partial charge in [0.1, 0.15) is 4.90 Å². The molecule has 0 spiro atoms. The molecular weight excluding hydrogens is 486 g/mol. The standard InChI is InChI=1S/C26H26ClN3O4S/c1-18(19-9-3-2-4-10-19)28-26(32)21-11-5-6-12-23(21)29-25(31)20-13-14-22(27)24(17-20)35(33,34)30-15-7-8-16-30/h2-6,9-14,17-18H,7-8,15-16H2,1H3,(H,28,32)(H,29,31). The SMILES string of the molecule is CC(NC(=O)c1ccccc1NC(=O)c1ccc(Cl)c(S(=O)(=O)N2CCCC2)c1)c1ccccc1. The van der Waals surface area contributed by atoms with Gasteiger partial charge in [-0.3, -0.25) is 9.59 Å². The molecule has 0 radical (unpaired) electrons. The fourth-order valence-corrected chi connectivity index (χ4v) is 6.01. The van der Waals surface area contributed by atoms with Crippen LogP contribution in [0.2, 0.25) is 5.02 Å². The molecule has 182 valence electrons. The minimum absolute atomic E-state index is 0.0585. The van der Waals surface area contributed by atoms with Crippen molar-refractivity contribution in [3.63, 3.8) is 0 Å². The fourth-order valence-electron chi connectivity index (χ4n) is 3.99. The third-order valence-corrected chi connectivity index (χ3v) is 8.32. The topological polar surface area (TPSA) is 95.6 Å². The summed E-state index contributed by atoms with van der Waals surface area (Å²) in [6, 6.07) is 20.1. The molecule has 1 aliphatic heterocycles. The van der Waals surface area contributed by atoms with Crippen molar-refractivity contribution in [2.45, 2.75) is 30.7 Å². The Morgan fingerprint density at radius 2 is 1.57 bits per heavy atom. The highest BCUT2D eigenvalue weighted by Gasteiger charge is 2.30. The fraction of sp³-hybridized carbons (Fsp3) is 0.231. The lowest BCUT2D eigenvalue weighted by Gasteiger charge is -2.18. The molecular formula is C26H26ClN3O4S. The van der Waals surface area contributed by atoms with Crippen LogP contribution in [0.25, 0.3) is 0 Å². The third kappa shape index (κ3) is 5.56. The van der Waals surface area contributed by atoms with Crippen molar-refractivity contribution in [1.29, 1.82) is 0 Å². The van der Waals surface area contributed by atoms with Crippen molar-refractivity contribution in [3.05, 3.63) is 94.5 Å². The highest BCUT2D eigenvalue weighted by atomic mass is 35.5. The molecule has 35 heavy (non-hydrogen) atoms. The summed E-state index contributed by atoms with van der Waals surface area (Å²) in [4.78, 5) is 25.9. The molecule has 4 rings (SSSR count). The number of nitrogens with zero attached hydrogens (tertiary/aromatic N) is 1. The molecule has 1 atom stereocenters. The van der Waals surface area contributed by atoms with E-state index in [0.717, 1.165) is 18.4 Å². The van der Waals surface area contributed by atoms with Gasteiger partial charge in [-0.1, -0.05) is 54.1 Å². The van der Waals surface area contributed by atoms with Gasteiger partial charge in [0.2, 0.25) is 10.0 Å². The van der Waals surface area contributed by atoms with Gasteiger partial charge >= 0.3 is 0 Å². The number of anilines is 1. The normalized spacial score (nSPS) is 14.9. The van der Waals surface area contributed by atoms with Gasteiger partial charge in [0, 0.05) is 18.7 Å². The van der Waals surface area contributed by atoms with E-state index in [1.165, 1.54) is 22.5 Å². The van der Waals surface area contributed by atoms with E-state index in [1.54, 1.807) is 24.3 Å². The van der Waals surface area contributed by atoms with Crippen LogP contribution in [-0.4, -0.2) is 37.6 Å². The number of sulfonamides is 1. The lowest BCUT2D eigenvalue weighted by atomic mass is 10.1. The summed E-state index contributed by atoms with van der Waals surface area (Å²) >= 11 is 6.20. The molecule has 0 saturated carbocycles. The Hall–Kier alpha value is -3.20. The lowest BCUT2D eigenvalue weighted by molar-refractivity contribution is 0.0940. The largest absolute Gasteiger partial charge is 0.345 e.